The molecule has 0 aromatic heterocycles. The summed E-state index contributed by atoms with van der Waals surface area (Å²) in [4.78, 5) is 23.4. The molecule has 0 unspecified atom stereocenters. The Kier molecular flexibility index (Phi) is 4.72. The Bertz CT molecular complexity index is 637. The summed E-state index contributed by atoms with van der Waals surface area (Å²) in [5, 5.41) is 11.8. The second-order valence-corrected chi connectivity index (χ2v) is 4.92. The highest BCUT2D eigenvalue weighted by molar-refractivity contribution is 5.85. The Morgan fingerprint density at radius 3 is 2.43 bits per heavy atom. The number of nitrogens with one attached hydrogen (secondary N) is 1. The molecule has 4 heteroatoms. The molecule has 0 bridgehead atoms. The molecule has 2 aromatic carbocycles. The topological polar surface area (TPSA) is 66.4 Å². The average molecular weight is 283 g/mol. The van der Waals surface area contributed by atoms with Gasteiger partial charge in [-0.05, 0) is 18.1 Å². The van der Waals surface area contributed by atoms with Crippen molar-refractivity contribution in [3.8, 4) is 0 Å². The first-order valence-corrected chi connectivity index (χ1v) is 6.69. The average Bonchev–Trinajstić information content (AvgIpc) is 2.45. The van der Waals surface area contributed by atoms with E-state index in [4.69, 9.17) is 0 Å². The summed E-state index contributed by atoms with van der Waals surface area (Å²) in [7, 11) is 0. The van der Waals surface area contributed by atoms with E-state index in [0.717, 1.165) is 11.1 Å². The SMILES string of the molecule is Cc1cccc(CC(=O)N[C@H](C(=O)O)c2ccccc2)c1. The van der Waals surface area contributed by atoms with Gasteiger partial charge in [-0.15, -0.1) is 0 Å². The molecule has 1 amide bonds. The van der Waals surface area contributed by atoms with E-state index in [0.29, 0.717) is 5.56 Å². The van der Waals surface area contributed by atoms with Crippen molar-refractivity contribution in [3.63, 3.8) is 0 Å². The zero-order valence-corrected chi connectivity index (χ0v) is 11.7. The van der Waals surface area contributed by atoms with Gasteiger partial charge in [-0.2, -0.15) is 0 Å². The van der Waals surface area contributed by atoms with E-state index in [1.807, 2.05) is 31.2 Å². The number of carboxylic acid groups (broad SMARTS) is 1. The first-order chi connectivity index (χ1) is 10.1. The highest BCUT2D eigenvalue weighted by Gasteiger charge is 2.21. The van der Waals surface area contributed by atoms with Crippen molar-refractivity contribution in [3.05, 3.63) is 71.3 Å². The molecule has 2 N–H and O–H groups in total. The van der Waals surface area contributed by atoms with Gasteiger partial charge in [0, 0.05) is 0 Å². The summed E-state index contributed by atoms with van der Waals surface area (Å²) < 4.78 is 0. The van der Waals surface area contributed by atoms with Crippen LogP contribution in [-0.2, 0) is 16.0 Å². The molecule has 0 aliphatic rings. The van der Waals surface area contributed by atoms with Gasteiger partial charge < -0.3 is 10.4 Å². The number of amides is 1. The molecule has 21 heavy (non-hydrogen) atoms. The van der Waals surface area contributed by atoms with Crippen LogP contribution in [0.1, 0.15) is 22.7 Å². The maximum Gasteiger partial charge on any atom is 0.330 e. The number of carboxylic acids is 1. The molecule has 0 aliphatic heterocycles. The third-order valence-corrected chi connectivity index (χ3v) is 3.13. The lowest BCUT2D eigenvalue weighted by molar-refractivity contribution is -0.141. The first kappa shape index (κ1) is 14.8. The monoisotopic (exact) mass is 283 g/mol. The van der Waals surface area contributed by atoms with Crippen molar-refractivity contribution in [1.29, 1.82) is 0 Å². The molecule has 0 heterocycles. The second-order valence-electron chi connectivity index (χ2n) is 4.92. The van der Waals surface area contributed by atoms with Crippen molar-refractivity contribution in [2.24, 2.45) is 0 Å². The van der Waals surface area contributed by atoms with E-state index >= 15 is 0 Å². The fraction of sp³-hybridized carbons (Fsp3) is 0.176. The Labute approximate surface area is 123 Å². The smallest absolute Gasteiger partial charge is 0.330 e. The van der Waals surface area contributed by atoms with Gasteiger partial charge in [0.15, 0.2) is 6.04 Å². The van der Waals surface area contributed by atoms with Gasteiger partial charge in [0.05, 0.1) is 6.42 Å². The lowest BCUT2D eigenvalue weighted by atomic mass is 10.1. The molecule has 0 saturated heterocycles. The lowest BCUT2D eigenvalue weighted by Gasteiger charge is -2.15. The van der Waals surface area contributed by atoms with Crippen LogP contribution in [-0.4, -0.2) is 17.0 Å². The van der Waals surface area contributed by atoms with Crippen LogP contribution in [0.15, 0.2) is 54.6 Å². The van der Waals surface area contributed by atoms with Crippen molar-refractivity contribution >= 4 is 11.9 Å². The van der Waals surface area contributed by atoms with E-state index in [2.05, 4.69) is 5.32 Å². The number of hydrogen-bond acceptors (Lipinski definition) is 2. The molecule has 0 fully saturated rings. The van der Waals surface area contributed by atoms with Gasteiger partial charge in [0.25, 0.3) is 0 Å². The van der Waals surface area contributed by atoms with Crippen LogP contribution in [0, 0.1) is 6.92 Å². The number of rotatable bonds is 5. The summed E-state index contributed by atoms with van der Waals surface area (Å²) in [5.41, 5.74) is 2.49. The minimum absolute atomic E-state index is 0.165. The third-order valence-electron chi connectivity index (χ3n) is 3.13. The summed E-state index contributed by atoms with van der Waals surface area (Å²) >= 11 is 0. The van der Waals surface area contributed by atoms with Crippen molar-refractivity contribution < 1.29 is 14.7 Å². The minimum Gasteiger partial charge on any atom is -0.479 e. The Hall–Kier alpha value is -2.62. The molecule has 0 radical (unpaired) electrons. The van der Waals surface area contributed by atoms with Crippen molar-refractivity contribution in [2.75, 3.05) is 0 Å². The van der Waals surface area contributed by atoms with Gasteiger partial charge in [0.2, 0.25) is 5.91 Å². The quantitative estimate of drug-likeness (QED) is 0.886. The summed E-state index contributed by atoms with van der Waals surface area (Å²) in [6.07, 6.45) is 0.165. The van der Waals surface area contributed by atoms with E-state index in [1.165, 1.54) is 0 Å². The Balaban J connectivity index is 2.07. The maximum absolute atomic E-state index is 12.0. The Morgan fingerprint density at radius 2 is 1.81 bits per heavy atom. The van der Waals surface area contributed by atoms with Crippen LogP contribution in [0.4, 0.5) is 0 Å². The zero-order valence-electron chi connectivity index (χ0n) is 11.7. The van der Waals surface area contributed by atoms with Crippen LogP contribution in [0.25, 0.3) is 0 Å². The van der Waals surface area contributed by atoms with Gasteiger partial charge in [-0.3, -0.25) is 4.79 Å². The molecular formula is C17H17NO3. The molecule has 2 rings (SSSR count). The van der Waals surface area contributed by atoms with E-state index < -0.39 is 12.0 Å². The predicted molar refractivity (Wildman–Crippen MR) is 79.8 cm³/mol. The second kappa shape index (κ2) is 6.70. The van der Waals surface area contributed by atoms with Gasteiger partial charge in [0.1, 0.15) is 0 Å². The standard InChI is InChI=1S/C17H17NO3/c1-12-6-5-7-13(10-12)11-15(19)18-16(17(20)21)14-8-3-2-4-9-14/h2-10,16H,11H2,1H3,(H,18,19)(H,20,21)/t16-/m0/s1. The van der Waals surface area contributed by atoms with Crippen LogP contribution in [0.3, 0.4) is 0 Å². The van der Waals surface area contributed by atoms with Gasteiger partial charge >= 0.3 is 5.97 Å². The Morgan fingerprint density at radius 1 is 1.10 bits per heavy atom. The zero-order chi connectivity index (χ0) is 15.2. The predicted octanol–water partition coefficient (Wildman–Crippen LogP) is 2.48. The molecule has 0 saturated carbocycles. The normalized spacial score (nSPS) is 11.7. The van der Waals surface area contributed by atoms with Gasteiger partial charge in [-0.1, -0.05) is 60.2 Å². The number of hydrogen-bond donors (Lipinski definition) is 2. The summed E-state index contributed by atoms with van der Waals surface area (Å²) in [5.74, 6) is -1.38. The van der Waals surface area contributed by atoms with E-state index in [1.54, 1.807) is 30.3 Å². The third kappa shape index (κ3) is 4.18. The fourth-order valence-electron chi connectivity index (χ4n) is 2.15. The summed E-state index contributed by atoms with van der Waals surface area (Å²) in [6, 6.07) is 15.2. The summed E-state index contributed by atoms with van der Waals surface area (Å²) in [6.45, 7) is 1.95. The maximum atomic E-state index is 12.0. The number of benzene rings is 2. The van der Waals surface area contributed by atoms with Crippen molar-refractivity contribution in [2.45, 2.75) is 19.4 Å². The highest BCUT2D eigenvalue weighted by atomic mass is 16.4. The van der Waals surface area contributed by atoms with E-state index in [-0.39, 0.29) is 12.3 Å². The van der Waals surface area contributed by atoms with Crippen LogP contribution in [0.5, 0.6) is 0 Å². The highest BCUT2D eigenvalue weighted by Crippen LogP contribution is 2.13. The molecule has 0 aliphatic carbocycles. The lowest BCUT2D eigenvalue weighted by Crippen LogP contribution is -2.34. The van der Waals surface area contributed by atoms with Gasteiger partial charge in [-0.25, -0.2) is 4.79 Å². The van der Waals surface area contributed by atoms with E-state index in [9.17, 15) is 14.7 Å². The van der Waals surface area contributed by atoms with Crippen LogP contribution >= 0.6 is 0 Å². The number of aliphatic carboxylic acids is 1. The molecule has 2 aromatic rings. The number of aryl methyl sites for hydroxylation is 1. The number of carbonyl (C=O) groups excluding carboxylic acids is 1. The molecule has 1 atom stereocenters. The van der Waals surface area contributed by atoms with Crippen molar-refractivity contribution in [1.82, 2.24) is 5.32 Å². The first-order valence-electron chi connectivity index (χ1n) is 6.69. The fourth-order valence-corrected chi connectivity index (χ4v) is 2.15. The minimum atomic E-state index is -1.07. The molecular weight excluding hydrogens is 266 g/mol. The van der Waals surface area contributed by atoms with Crippen LogP contribution < -0.4 is 5.32 Å². The molecule has 0 spiro atoms. The number of carbonyl (C=O) groups is 2. The molecule has 108 valence electrons. The molecule has 4 nitrogen and oxygen atoms in total. The largest absolute Gasteiger partial charge is 0.479 e. The van der Waals surface area contributed by atoms with Crippen LogP contribution in [0.2, 0.25) is 0 Å².